The lowest BCUT2D eigenvalue weighted by Gasteiger charge is -2.01. The van der Waals surface area contributed by atoms with E-state index in [1.807, 2.05) is 0 Å². The summed E-state index contributed by atoms with van der Waals surface area (Å²) in [4.78, 5) is 0. The van der Waals surface area contributed by atoms with Crippen molar-refractivity contribution in [1.82, 2.24) is 0 Å². The van der Waals surface area contributed by atoms with Crippen LogP contribution in [0.25, 0.3) is 0 Å². The Balaban J connectivity index is 3.25. The van der Waals surface area contributed by atoms with Crippen molar-refractivity contribution in [1.29, 1.82) is 0 Å². The molecule has 1 rings (SSSR count). The molecule has 0 amide bonds. The minimum atomic E-state index is -0.494. The van der Waals surface area contributed by atoms with Crippen molar-refractivity contribution >= 4 is 27.5 Å². The van der Waals surface area contributed by atoms with Gasteiger partial charge >= 0.3 is 0 Å². The van der Waals surface area contributed by atoms with Crippen LogP contribution in [0.4, 0.5) is 4.39 Å². The molecular formula is C7H5BrClFO. The number of halogens is 3. The fraction of sp³-hybridized carbons (Fsp3) is 0.143. The summed E-state index contributed by atoms with van der Waals surface area (Å²) in [6, 6.07) is 2.80. The second-order valence-corrected chi connectivity index (χ2v) is 3.33. The number of hydrogen-bond donors (Lipinski definition) is 1. The first-order valence-electron chi connectivity index (χ1n) is 2.89. The van der Waals surface area contributed by atoms with Gasteiger partial charge < -0.3 is 5.11 Å². The molecule has 0 aromatic heterocycles. The largest absolute Gasteiger partial charge is 0.392 e. The van der Waals surface area contributed by atoms with E-state index in [2.05, 4.69) is 15.9 Å². The third-order valence-electron chi connectivity index (χ3n) is 1.26. The zero-order valence-electron chi connectivity index (χ0n) is 5.44. The molecule has 1 aromatic rings. The molecule has 0 spiro atoms. The average molecular weight is 239 g/mol. The Hall–Kier alpha value is -0.120. The Morgan fingerprint density at radius 1 is 1.55 bits per heavy atom. The summed E-state index contributed by atoms with van der Waals surface area (Å²) in [5.41, 5.74) is 0.134. The monoisotopic (exact) mass is 238 g/mol. The summed E-state index contributed by atoms with van der Waals surface area (Å²) in [6.45, 7) is -0.377. The van der Waals surface area contributed by atoms with E-state index >= 15 is 0 Å². The molecular weight excluding hydrogens is 234 g/mol. The highest BCUT2D eigenvalue weighted by Gasteiger charge is 2.06. The summed E-state index contributed by atoms with van der Waals surface area (Å²) >= 11 is 8.68. The van der Waals surface area contributed by atoms with Gasteiger partial charge in [0.25, 0.3) is 0 Å². The molecule has 1 aromatic carbocycles. The minimum absolute atomic E-state index is 0.134. The molecule has 1 nitrogen and oxygen atoms in total. The average Bonchev–Trinajstić information content (AvgIpc) is 1.85. The Labute approximate surface area is 76.9 Å². The van der Waals surface area contributed by atoms with E-state index in [-0.39, 0.29) is 17.2 Å². The van der Waals surface area contributed by atoms with Crippen LogP contribution in [0, 0.1) is 5.82 Å². The van der Waals surface area contributed by atoms with Crippen LogP contribution >= 0.6 is 27.5 Å². The highest BCUT2D eigenvalue weighted by Crippen LogP contribution is 2.24. The van der Waals surface area contributed by atoms with Gasteiger partial charge in [0.05, 0.1) is 11.6 Å². The third-order valence-corrected chi connectivity index (χ3v) is 2.06. The predicted molar refractivity (Wildman–Crippen MR) is 45.0 cm³/mol. The van der Waals surface area contributed by atoms with Gasteiger partial charge in [0.2, 0.25) is 0 Å². The molecule has 0 aliphatic heterocycles. The van der Waals surface area contributed by atoms with Crippen LogP contribution in [-0.4, -0.2) is 5.11 Å². The molecule has 0 saturated carbocycles. The molecule has 0 fully saturated rings. The van der Waals surface area contributed by atoms with Crippen molar-refractivity contribution in [2.45, 2.75) is 6.61 Å². The zero-order valence-corrected chi connectivity index (χ0v) is 7.78. The first kappa shape index (κ1) is 8.97. The zero-order chi connectivity index (χ0) is 8.43. The fourth-order valence-electron chi connectivity index (χ4n) is 0.723. The molecule has 4 heteroatoms. The second kappa shape index (κ2) is 3.52. The van der Waals surface area contributed by atoms with Gasteiger partial charge in [0, 0.05) is 10.0 Å². The van der Waals surface area contributed by atoms with Crippen LogP contribution in [0.5, 0.6) is 0 Å². The van der Waals surface area contributed by atoms with Crippen LogP contribution < -0.4 is 0 Å². The molecule has 0 unspecified atom stereocenters. The van der Waals surface area contributed by atoms with Crippen molar-refractivity contribution in [2.75, 3.05) is 0 Å². The molecule has 0 radical (unpaired) electrons. The van der Waals surface area contributed by atoms with Crippen LogP contribution in [0.15, 0.2) is 16.6 Å². The lowest BCUT2D eigenvalue weighted by molar-refractivity contribution is 0.276. The number of benzene rings is 1. The van der Waals surface area contributed by atoms with Gasteiger partial charge in [-0.3, -0.25) is 0 Å². The molecule has 0 heterocycles. The molecule has 0 saturated heterocycles. The van der Waals surface area contributed by atoms with E-state index in [9.17, 15) is 4.39 Å². The maximum Gasteiger partial charge on any atom is 0.131 e. The van der Waals surface area contributed by atoms with Crippen molar-refractivity contribution in [2.24, 2.45) is 0 Å². The standard InChI is InChI=1S/C7H5BrClFO/c8-4-1-6(9)5(3-11)7(10)2-4/h1-2,11H,3H2. The lowest BCUT2D eigenvalue weighted by Crippen LogP contribution is -1.90. The van der Waals surface area contributed by atoms with E-state index in [0.717, 1.165) is 0 Å². The number of hydrogen-bond acceptors (Lipinski definition) is 1. The predicted octanol–water partition coefficient (Wildman–Crippen LogP) is 2.73. The Morgan fingerprint density at radius 2 is 2.18 bits per heavy atom. The van der Waals surface area contributed by atoms with Gasteiger partial charge in [-0.05, 0) is 12.1 Å². The van der Waals surface area contributed by atoms with Crippen molar-refractivity contribution < 1.29 is 9.50 Å². The fourth-order valence-corrected chi connectivity index (χ4v) is 1.55. The van der Waals surface area contributed by atoms with Crippen LogP contribution in [0.3, 0.4) is 0 Å². The normalized spacial score (nSPS) is 10.2. The first-order chi connectivity index (χ1) is 5.15. The summed E-state index contributed by atoms with van der Waals surface area (Å²) in [6.07, 6.45) is 0. The number of aliphatic hydroxyl groups is 1. The van der Waals surface area contributed by atoms with E-state index < -0.39 is 5.82 Å². The maximum absolute atomic E-state index is 12.8. The highest BCUT2D eigenvalue weighted by molar-refractivity contribution is 9.10. The lowest BCUT2D eigenvalue weighted by atomic mass is 10.2. The van der Waals surface area contributed by atoms with Crippen molar-refractivity contribution in [3.8, 4) is 0 Å². The molecule has 0 bridgehead atoms. The molecule has 0 atom stereocenters. The van der Waals surface area contributed by atoms with Gasteiger partial charge in [-0.2, -0.15) is 0 Å². The minimum Gasteiger partial charge on any atom is -0.392 e. The van der Waals surface area contributed by atoms with Gasteiger partial charge in [-0.15, -0.1) is 0 Å². The van der Waals surface area contributed by atoms with E-state index in [1.54, 1.807) is 0 Å². The molecule has 0 aliphatic rings. The van der Waals surface area contributed by atoms with E-state index in [0.29, 0.717) is 4.47 Å². The smallest absolute Gasteiger partial charge is 0.131 e. The van der Waals surface area contributed by atoms with Gasteiger partial charge in [-0.1, -0.05) is 27.5 Å². The Morgan fingerprint density at radius 3 is 2.64 bits per heavy atom. The van der Waals surface area contributed by atoms with Crippen LogP contribution in [0.2, 0.25) is 5.02 Å². The number of aliphatic hydroxyl groups excluding tert-OH is 1. The van der Waals surface area contributed by atoms with Crippen molar-refractivity contribution in [3.05, 3.63) is 33.0 Å². The molecule has 11 heavy (non-hydrogen) atoms. The van der Waals surface area contributed by atoms with Gasteiger partial charge in [-0.25, -0.2) is 4.39 Å². The first-order valence-corrected chi connectivity index (χ1v) is 4.06. The molecule has 0 aliphatic carbocycles. The molecule has 1 N–H and O–H groups in total. The summed E-state index contributed by atoms with van der Waals surface area (Å²) < 4.78 is 13.4. The highest BCUT2D eigenvalue weighted by atomic mass is 79.9. The van der Waals surface area contributed by atoms with E-state index in [4.69, 9.17) is 16.7 Å². The quantitative estimate of drug-likeness (QED) is 0.799. The van der Waals surface area contributed by atoms with E-state index in [1.165, 1.54) is 12.1 Å². The molecule has 60 valence electrons. The Kier molecular flexibility index (Phi) is 2.87. The topological polar surface area (TPSA) is 20.2 Å². The second-order valence-electron chi connectivity index (χ2n) is 2.01. The Bertz CT molecular complexity index is 254. The number of rotatable bonds is 1. The van der Waals surface area contributed by atoms with Crippen LogP contribution in [-0.2, 0) is 6.61 Å². The summed E-state index contributed by atoms with van der Waals surface area (Å²) in [7, 11) is 0. The van der Waals surface area contributed by atoms with Gasteiger partial charge in [0.15, 0.2) is 0 Å². The van der Waals surface area contributed by atoms with Crippen LogP contribution in [0.1, 0.15) is 5.56 Å². The third kappa shape index (κ3) is 1.92. The van der Waals surface area contributed by atoms with Crippen molar-refractivity contribution in [3.63, 3.8) is 0 Å². The summed E-state index contributed by atoms with van der Waals surface area (Å²) in [5, 5.41) is 8.89. The summed E-state index contributed by atoms with van der Waals surface area (Å²) in [5.74, 6) is -0.494. The van der Waals surface area contributed by atoms with Gasteiger partial charge in [0.1, 0.15) is 5.82 Å². The SMILES string of the molecule is OCc1c(F)cc(Br)cc1Cl. The maximum atomic E-state index is 12.8.